The zero-order chi connectivity index (χ0) is 31.8. The predicted octanol–water partition coefficient (Wildman–Crippen LogP) is 9.13. The quantitative estimate of drug-likeness (QED) is 0.185. The first-order valence-electron chi connectivity index (χ1n) is 16.1. The summed E-state index contributed by atoms with van der Waals surface area (Å²) in [5.41, 5.74) is 11.2. The van der Waals surface area contributed by atoms with E-state index in [1.54, 1.807) is 0 Å². The molecule has 1 fully saturated rings. The van der Waals surface area contributed by atoms with Crippen molar-refractivity contribution in [3.05, 3.63) is 101 Å². The number of oxazole rings is 1. The van der Waals surface area contributed by atoms with Crippen LogP contribution in [0.3, 0.4) is 0 Å². The highest BCUT2D eigenvalue weighted by molar-refractivity contribution is 5.91. The number of nitriles is 1. The number of hydrogen-bond acceptors (Lipinski definition) is 7. The molecule has 230 valence electrons. The zero-order valence-electron chi connectivity index (χ0n) is 26.9. The van der Waals surface area contributed by atoms with Gasteiger partial charge in [0, 0.05) is 35.6 Å². The van der Waals surface area contributed by atoms with E-state index in [1.165, 1.54) is 18.4 Å². The maximum absolute atomic E-state index is 9.95. The Kier molecular flexibility index (Phi) is 7.98. The summed E-state index contributed by atoms with van der Waals surface area (Å²) >= 11 is 0. The number of rotatable bonds is 8. The fourth-order valence-corrected chi connectivity index (χ4v) is 6.71. The summed E-state index contributed by atoms with van der Waals surface area (Å²) in [6.07, 6.45) is 7.26. The smallest absolute Gasteiger partial charge is 0.227 e. The SMILES string of the molecule is Cc1c(Nc2nccc3cc(CC(C)C)cnc23)cccc1-c1cccc(-c2nc3cc(CN4CCCC4)cc(C#N)c3o2)c1C. The second-order valence-electron chi connectivity index (χ2n) is 12.9. The van der Waals surface area contributed by atoms with Crippen LogP contribution in [0.15, 0.2) is 77.5 Å². The summed E-state index contributed by atoms with van der Waals surface area (Å²) in [4.78, 5) is 16.8. The molecule has 1 saturated heterocycles. The molecule has 1 N–H and O–H groups in total. The Bertz CT molecular complexity index is 2120. The molecule has 0 spiro atoms. The van der Waals surface area contributed by atoms with E-state index in [-0.39, 0.29) is 0 Å². The third kappa shape index (κ3) is 5.73. The summed E-state index contributed by atoms with van der Waals surface area (Å²) < 4.78 is 6.30. The van der Waals surface area contributed by atoms with Gasteiger partial charge >= 0.3 is 0 Å². The first-order chi connectivity index (χ1) is 22.4. The lowest BCUT2D eigenvalue weighted by Crippen LogP contribution is -2.18. The third-order valence-corrected chi connectivity index (χ3v) is 9.02. The second kappa shape index (κ2) is 12.4. The lowest BCUT2D eigenvalue weighted by Gasteiger charge is -2.16. The van der Waals surface area contributed by atoms with E-state index in [1.807, 2.05) is 36.7 Å². The van der Waals surface area contributed by atoms with Crippen molar-refractivity contribution < 1.29 is 4.42 Å². The van der Waals surface area contributed by atoms with E-state index < -0.39 is 0 Å². The van der Waals surface area contributed by atoms with Crippen molar-refractivity contribution in [1.29, 1.82) is 5.26 Å². The van der Waals surface area contributed by atoms with E-state index in [2.05, 4.69) is 85.4 Å². The van der Waals surface area contributed by atoms with Gasteiger partial charge in [-0.2, -0.15) is 5.26 Å². The van der Waals surface area contributed by atoms with E-state index >= 15 is 0 Å². The maximum atomic E-state index is 9.95. The summed E-state index contributed by atoms with van der Waals surface area (Å²) in [6, 6.07) is 23.1. The van der Waals surface area contributed by atoms with Gasteiger partial charge < -0.3 is 9.73 Å². The lowest BCUT2D eigenvalue weighted by atomic mass is 9.93. The van der Waals surface area contributed by atoms with Crippen LogP contribution in [0.4, 0.5) is 11.5 Å². The van der Waals surface area contributed by atoms with Crippen LogP contribution in [0.5, 0.6) is 0 Å². The van der Waals surface area contributed by atoms with Crippen LogP contribution in [0.2, 0.25) is 0 Å². The van der Waals surface area contributed by atoms with Crippen molar-refractivity contribution in [2.45, 2.75) is 53.5 Å². The molecule has 4 heterocycles. The minimum Gasteiger partial charge on any atom is -0.435 e. The minimum absolute atomic E-state index is 0.527. The molecule has 7 heteroatoms. The Morgan fingerprint density at radius 3 is 2.46 bits per heavy atom. The molecule has 0 atom stereocenters. The molecule has 0 amide bonds. The lowest BCUT2D eigenvalue weighted by molar-refractivity contribution is 0.331. The van der Waals surface area contributed by atoms with Crippen LogP contribution < -0.4 is 5.32 Å². The minimum atomic E-state index is 0.527. The molecule has 6 aromatic rings. The molecule has 0 aliphatic carbocycles. The average molecular weight is 607 g/mol. The van der Waals surface area contributed by atoms with Crippen molar-refractivity contribution in [2.24, 2.45) is 5.92 Å². The first kappa shape index (κ1) is 29.6. The van der Waals surface area contributed by atoms with Crippen LogP contribution in [0, 0.1) is 31.1 Å². The number of anilines is 2. The molecule has 0 saturated carbocycles. The van der Waals surface area contributed by atoms with Gasteiger partial charge in [-0.3, -0.25) is 9.88 Å². The number of aromatic nitrogens is 3. The van der Waals surface area contributed by atoms with Gasteiger partial charge in [0.1, 0.15) is 17.1 Å². The van der Waals surface area contributed by atoms with Gasteiger partial charge in [-0.1, -0.05) is 38.1 Å². The van der Waals surface area contributed by atoms with Crippen molar-refractivity contribution in [2.75, 3.05) is 18.4 Å². The largest absolute Gasteiger partial charge is 0.435 e. The second-order valence-corrected chi connectivity index (χ2v) is 12.9. The zero-order valence-corrected chi connectivity index (χ0v) is 26.9. The number of nitrogens with zero attached hydrogens (tertiary/aromatic N) is 5. The summed E-state index contributed by atoms with van der Waals surface area (Å²) in [7, 11) is 0. The number of nitrogens with one attached hydrogen (secondary N) is 1. The van der Waals surface area contributed by atoms with Gasteiger partial charge in [-0.05, 0) is 122 Å². The molecule has 7 rings (SSSR count). The van der Waals surface area contributed by atoms with Crippen molar-refractivity contribution in [3.63, 3.8) is 0 Å². The number of likely N-dealkylation sites (tertiary alicyclic amines) is 1. The Labute approximate surface area is 269 Å². The number of benzene rings is 3. The van der Waals surface area contributed by atoms with Gasteiger partial charge in [-0.25, -0.2) is 9.97 Å². The van der Waals surface area contributed by atoms with Crippen LogP contribution >= 0.6 is 0 Å². The highest BCUT2D eigenvalue weighted by Crippen LogP contribution is 2.38. The highest BCUT2D eigenvalue weighted by Gasteiger charge is 2.20. The topological polar surface area (TPSA) is 90.9 Å². The number of hydrogen-bond donors (Lipinski definition) is 1. The standard InChI is InChI=1S/C39H38N6O/c1-24(2)17-27-18-29-13-14-41-38(36(29)42-22-27)43-34-12-8-10-32(26(34)4)31-9-7-11-33(25(31)3)39-44-35-20-28(23-45-15-5-6-16-45)19-30(21-40)37(35)46-39/h7-14,18-20,22,24H,5-6,15-17,23H2,1-4H3,(H,41,43). The van der Waals surface area contributed by atoms with Crippen molar-refractivity contribution in [1.82, 2.24) is 19.9 Å². The summed E-state index contributed by atoms with van der Waals surface area (Å²) in [5, 5.41) is 14.6. The Morgan fingerprint density at radius 2 is 1.67 bits per heavy atom. The Hall–Kier alpha value is -5.06. The summed E-state index contributed by atoms with van der Waals surface area (Å²) in [5.74, 6) is 1.84. The van der Waals surface area contributed by atoms with Gasteiger partial charge in [0.2, 0.25) is 5.89 Å². The third-order valence-electron chi connectivity index (χ3n) is 9.02. The molecule has 7 nitrogen and oxygen atoms in total. The van der Waals surface area contributed by atoms with Gasteiger partial charge in [0.25, 0.3) is 0 Å². The summed E-state index contributed by atoms with van der Waals surface area (Å²) in [6.45, 7) is 11.7. The number of pyridine rings is 2. The molecule has 0 bridgehead atoms. The fraction of sp³-hybridized carbons (Fsp3) is 0.282. The van der Waals surface area contributed by atoms with Crippen LogP contribution in [-0.4, -0.2) is 32.9 Å². The Balaban J connectivity index is 1.22. The van der Waals surface area contributed by atoms with Gasteiger partial charge in [-0.15, -0.1) is 0 Å². The molecular weight excluding hydrogens is 568 g/mol. The Morgan fingerprint density at radius 1 is 0.913 bits per heavy atom. The van der Waals surface area contributed by atoms with Crippen molar-refractivity contribution in [3.8, 4) is 28.7 Å². The van der Waals surface area contributed by atoms with Gasteiger partial charge in [0.05, 0.1) is 5.56 Å². The van der Waals surface area contributed by atoms with E-state index in [0.29, 0.717) is 23.0 Å². The molecule has 1 aliphatic rings. The van der Waals surface area contributed by atoms with Crippen LogP contribution in [-0.2, 0) is 13.0 Å². The average Bonchev–Trinajstić information content (AvgIpc) is 3.72. The first-order valence-corrected chi connectivity index (χ1v) is 16.1. The van der Waals surface area contributed by atoms with Crippen LogP contribution in [0.25, 0.3) is 44.6 Å². The monoisotopic (exact) mass is 606 g/mol. The maximum Gasteiger partial charge on any atom is 0.227 e. The van der Waals surface area contributed by atoms with E-state index in [4.69, 9.17) is 14.4 Å². The van der Waals surface area contributed by atoms with Crippen molar-refractivity contribution >= 4 is 33.5 Å². The normalized spacial score (nSPS) is 13.6. The van der Waals surface area contributed by atoms with Gasteiger partial charge in [0.15, 0.2) is 11.4 Å². The molecule has 0 unspecified atom stereocenters. The molecule has 1 aliphatic heterocycles. The molecule has 3 aromatic carbocycles. The molecular formula is C39H38N6O. The van der Waals surface area contributed by atoms with E-state index in [0.717, 1.165) is 87.4 Å². The predicted molar refractivity (Wildman–Crippen MR) is 185 cm³/mol. The van der Waals surface area contributed by atoms with Crippen LogP contribution in [0.1, 0.15) is 54.5 Å². The molecule has 3 aromatic heterocycles. The molecule has 46 heavy (non-hydrogen) atoms. The number of fused-ring (bicyclic) bond motifs is 2. The molecule has 0 radical (unpaired) electrons. The van der Waals surface area contributed by atoms with E-state index in [9.17, 15) is 5.26 Å². The highest BCUT2D eigenvalue weighted by atomic mass is 16.3. The fourth-order valence-electron chi connectivity index (χ4n) is 6.71.